The van der Waals surface area contributed by atoms with Gasteiger partial charge in [0.2, 0.25) is 0 Å². The molecule has 0 unspecified atom stereocenters. The number of hydrogen-bond acceptors (Lipinski definition) is 0. The van der Waals surface area contributed by atoms with Crippen molar-refractivity contribution in [2.24, 2.45) is 0 Å². The summed E-state index contributed by atoms with van der Waals surface area (Å²) < 4.78 is 4.61. The molecule has 0 radical (unpaired) electrons. The van der Waals surface area contributed by atoms with Crippen LogP contribution in [0.25, 0.3) is 0 Å². The summed E-state index contributed by atoms with van der Waals surface area (Å²) in [6, 6.07) is 0. The molecule has 0 spiro atoms. The van der Waals surface area contributed by atoms with Gasteiger partial charge in [-0.25, -0.2) is 0 Å². The van der Waals surface area contributed by atoms with Crippen molar-refractivity contribution < 1.29 is 0 Å². The van der Waals surface area contributed by atoms with E-state index in [9.17, 15) is 0 Å². The van der Waals surface area contributed by atoms with E-state index >= 15 is 0 Å². The van der Waals surface area contributed by atoms with Gasteiger partial charge >= 0.3 is 163 Å². The van der Waals surface area contributed by atoms with Crippen LogP contribution in [0.15, 0.2) is 0 Å². The molecule has 0 saturated carbocycles. The van der Waals surface area contributed by atoms with Crippen molar-refractivity contribution in [1.82, 2.24) is 0 Å². The first-order valence-corrected chi connectivity index (χ1v) is 31.7. The summed E-state index contributed by atoms with van der Waals surface area (Å²) in [4.78, 5) is 0. The van der Waals surface area contributed by atoms with Crippen molar-refractivity contribution >= 4 is 67.9 Å². The van der Waals surface area contributed by atoms with E-state index in [2.05, 4.69) is 0 Å². The molecule has 1 fully saturated rings. The van der Waals surface area contributed by atoms with Crippen LogP contribution in [0, 0.1) is 0 Å². The predicted molar refractivity (Wildman–Crippen MR) is 110 cm³/mol. The van der Waals surface area contributed by atoms with Gasteiger partial charge in [-0.15, -0.1) is 0 Å². The quantitative estimate of drug-likeness (QED) is 0.244. The molecule has 0 bridgehead atoms. The van der Waals surface area contributed by atoms with Crippen LogP contribution in [0.5, 0.6) is 0 Å². The monoisotopic (exact) mass is 604 g/mol. The Labute approximate surface area is 161 Å². The number of halogens is 4. The predicted octanol–water partition coefficient (Wildman–Crippen LogP) is 8.52. The van der Waals surface area contributed by atoms with E-state index in [4.69, 9.17) is 35.7 Å². The SMILES string of the molecule is [Cl][Sn]1([Cl])[CH2]CCCCCC[CH2][Sn]([Cl])([Cl])[CH2]CCCCCC[CH2]1. The second-order valence-electron chi connectivity index (χ2n) is 6.95. The van der Waals surface area contributed by atoms with Crippen LogP contribution in [0.4, 0.5) is 0 Å². The van der Waals surface area contributed by atoms with Gasteiger partial charge in [0, 0.05) is 0 Å². The van der Waals surface area contributed by atoms with Crippen molar-refractivity contribution in [2.75, 3.05) is 0 Å². The van der Waals surface area contributed by atoms with Crippen LogP contribution < -0.4 is 0 Å². The molecule has 6 heteroatoms. The van der Waals surface area contributed by atoms with Crippen molar-refractivity contribution in [3.63, 3.8) is 0 Å². The normalized spacial score (nSPS) is 26.7. The molecule has 1 rings (SSSR count). The van der Waals surface area contributed by atoms with Crippen LogP contribution in [0.3, 0.4) is 0 Å². The first kappa shape index (κ1) is 22.8. The summed E-state index contributed by atoms with van der Waals surface area (Å²) in [5.41, 5.74) is 0. The topological polar surface area (TPSA) is 0 Å². The van der Waals surface area contributed by atoms with Gasteiger partial charge in [0.15, 0.2) is 0 Å². The fourth-order valence-corrected chi connectivity index (χ4v) is 20.6. The van der Waals surface area contributed by atoms with Crippen molar-refractivity contribution in [3.05, 3.63) is 0 Å². The molecule has 0 aromatic rings. The molecular weight excluding hydrogens is 571 g/mol. The maximum atomic E-state index is 6.63. The fourth-order valence-electron chi connectivity index (χ4n) is 3.20. The van der Waals surface area contributed by atoms with Gasteiger partial charge in [0.25, 0.3) is 0 Å². The third-order valence-electron chi connectivity index (χ3n) is 4.67. The van der Waals surface area contributed by atoms with Gasteiger partial charge in [-0.3, -0.25) is 0 Å². The molecule has 132 valence electrons. The summed E-state index contributed by atoms with van der Waals surface area (Å²) in [5.74, 6) is 0. The minimum atomic E-state index is -2.68. The van der Waals surface area contributed by atoms with Gasteiger partial charge in [-0.05, 0) is 0 Å². The molecule has 1 aliphatic rings. The molecule has 0 amide bonds. The van der Waals surface area contributed by atoms with E-state index in [-0.39, 0.29) is 0 Å². The zero-order valence-electron chi connectivity index (χ0n) is 13.8. The summed E-state index contributed by atoms with van der Waals surface area (Å²) in [5, 5.41) is 0. The van der Waals surface area contributed by atoms with Crippen molar-refractivity contribution in [3.8, 4) is 0 Å². The van der Waals surface area contributed by atoms with Crippen LogP contribution in [-0.2, 0) is 0 Å². The Morgan fingerprint density at radius 1 is 0.318 bits per heavy atom. The Hall–Kier alpha value is 2.76. The third kappa shape index (κ3) is 13.0. The average molecular weight is 604 g/mol. The van der Waals surface area contributed by atoms with Crippen LogP contribution >= 0.6 is 35.7 Å². The molecule has 0 aromatic carbocycles. The van der Waals surface area contributed by atoms with Gasteiger partial charge in [-0.2, -0.15) is 0 Å². The van der Waals surface area contributed by atoms with E-state index < -0.39 is 32.2 Å². The first-order valence-electron chi connectivity index (χ1n) is 9.17. The Kier molecular flexibility index (Phi) is 13.5. The van der Waals surface area contributed by atoms with Crippen LogP contribution in [0.2, 0.25) is 17.7 Å². The van der Waals surface area contributed by atoms with E-state index in [1.807, 2.05) is 0 Å². The van der Waals surface area contributed by atoms with Gasteiger partial charge < -0.3 is 0 Å². The minimum absolute atomic E-state index is 1.15. The van der Waals surface area contributed by atoms with E-state index in [0.29, 0.717) is 0 Å². The number of rotatable bonds is 0. The Morgan fingerprint density at radius 2 is 0.500 bits per heavy atom. The van der Waals surface area contributed by atoms with Crippen molar-refractivity contribution in [2.45, 2.75) is 94.8 Å². The molecular formula is C16H32Cl4Sn2. The molecule has 22 heavy (non-hydrogen) atoms. The van der Waals surface area contributed by atoms with Gasteiger partial charge in [0.05, 0.1) is 0 Å². The Balaban J connectivity index is 2.31. The van der Waals surface area contributed by atoms with Gasteiger partial charge in [-0.1, -0.05) is 0 Å². The molecule has 1 aliphatic heterocycles. The van der Waals surface area contributed by atoms with E-state index in [1.165, 1.54) is 77.0 Å². The fraction of sp³-hybridized carbons (Fsp3) is 1.00. The average Bonchev–Trinajstić information content (AvgIpc) is 2.43. The zero-order chi connectivity index (χ0) is 16.3. The van der Waals surface area contributed by atoms with Crippen molar-refractivity contribution in [1.29, 1.82) is 0 Å². The zero-order valence-corrected chi connectivity index (χ0v) is 22.6. The molecule has 0 aliphatic carbocycles. The molecule has 0 nitrogen and oxygen atoms in total. The van der Waals surface area contributed by atoms with E-state index in [0.717, 1.165) is 17.7 Å². The maximum absolute atomic E-state index is 6.63. The van der Waals surface area contributed by atoms with Crippen LogP contribution in [-0.4, -0.2) is 32.2 Å². The van der Waals surface area contributed by atoms with Gasteiger partial charge in [0.1, 0.15) is 0 Å². The number of hydrogen-bond donors (Lipinski definition) is 0. The van der Waals surface area contributed by atoms with Crippen LogP contribution in [0.1, 0.15) is 77.0 Å². The summed E-state index contributed by atoms with van der Waals surface area (Å²) >= 11 is -5.36. The third-order valence-corrected chi connectivity index (χ3v) is 27.2. The Morgan fingerprint density at radius 3 is 0.727 bits per heavy atom. The Bertz CT molecular complexity index is 233. The van der Waals surface area contributed by atoms with E-state index in [1.54, 1.807) is 0 Å². The second kappa shape index (κ2) is 13.0. The second-order valence-corrected chi connectivity index (χ2v) is 44.4. The molecule has 0 aromatic heterocycles. The first-order chi connectivity index (χ1) is 10.4. The summed E-state index contributed by atoms with van der Waals surface area (Å²) in [6.45, 7) is 0. The molecule has 1 saturated heterocycles. The molecule has 1 heterocycles. The summed E-state index contributed by atoms with van der Waals surface area (Å²) in [6.07, 6.45) is 15.5. The molecule has 0 N–H and O–H groups in total. The standard InChI is InChI=1S/2C8H16.4ClH.2Sn/c2*1-3-5-7-8-6-4-2;;;;;;/h2*1-8H2;4*1H;;/q;;;;;;2*+2/p-4. The summed E-state index contributed by atoms with van der Waals surface area (Å²) in [7, 11) is 26.5. The molecule has 0 atom stereocenters.